The fraction of sp³-hybridized carbons (Fsp3) is 0.0513. The number of aryl methyl sites for hydroxylation is 2. The number of hydrogen-bond acceptors (Lipinski definition) is 4. The zero-order chi connectivity index (χ0) is 29.8. The largest absolute Gasteiger partial charge is 2.00 e. The Kier molecular flexibility index (Phi) is 5.77. The Morgan fingerprint density at radius 1 is 0.565 bits per heavy atom. The molecule has 0 spiro atoms. The van der Waals surface area contributed by atoms with E-state index in [1.807, 2.05) is 48.7 Å². The van der Waals surface area contributed by atoms with Crippen LogP contribution in [0.1, 0.15) is 11.1 Å². The standard InChI is InChI=1S/C39H23N5O.Pd/c1-22-18-28-26-15-13-24(20-29(26)38-41-32-9-4-6-11-34(32)44(38)36(28)19-23(22)2)45-25-14-16-27-30(21-25)39-42-31-8-3-5-10-33(31)43(39)35-12-7-17-40-37(27)35;/h3-19H,1-2H3;/q-2;+2. The molecule has 46 heavy (non-hydrogen) atoms. The first kappa shape index (κ1) is 27.0. The predicted molar refractivity (Wildman–Crippen MR) is 180 cm³/mol. The molecule has 220 valence electrons. The van der Waals surface area contributed by atoms with Crippen LogP contribution in [0, 0.1) is 26.0 Å². The van der Waals surface area contributed by atoms with Crippen molar-refractivity contribution in [1.82, 2.24) is 23.8 Å². The molecule has 0 bridgehead atoms. The van der Waals surface area contributed by atoms with Gasteiger partial charge in [-0.1, -0.05) is 76.1 Å². The molecule has 0 aliphatic carbocycles. The normalized spacial score (nSPS) is 12.0. The quantitative estimate of drug-likeness (QED) is 0.104. The first-order chi connectivity index (χ1) is 22.1. The van der Waals surface area contributed by atoms with Crippen molar-refractivity contribution in [1.29, 1.82) is 0 Å². The minimum atomic E-state index is 0. The third-order valence-corrected chi connectivity index (χ3v) is 9.05. The van der Waals surface area contributed by atoms with E-state index in [4.69, 9.17) is 19.7 Å². The first-order valence-electron chi connectivity index (χ1n) is 15.0. The molecule has 0 N–H and O–H groups in total. The van der Waals surface area contributed by atoms with Crippen LogP contribution in [0.3, 0.4) is 0 Å². The second-order valence-electron chi connectivity index (χ2n) is 11.7. The summed E-state index contributed by atoms with van der Waals surface area (Å²) >= 11 is 0. The van der Waals surface area contributed by atoms with E-state index in [2.05, 4.69) is 89.4 Å². The average molecular weight is 684 g/mol. The van der Waals surface area contributed by atoms with Crippen LogP contribution in [-0.4, -0.2) is 23.8 Å². The van der Waals surface area contributed by atoms with Gasteiger partial charge in [0, 0.05) is 23.2 Å². The molecule has 5 heterocycles. The Balaban J connectivity index is 0.00000292. The molecule has 10 aromatic rings. The van der Waals surface area contributed by atoms with Gasteiger partial charge in [-0.25, -0.2) is 0 Å². The molecular formula is C39H23N5OPd. The minimum Gasteiger partial charge on any atom is -0.497 e. The summed E-state index contributed by atoms with van der Waals surface area (Å²) in [5.41, 5.74) is 11.2. The van der Waals surface area contributed by atoms with E-state index < -0.39 is 0 Å². The maximum atomic E-state index is 6.50. The summed E-state index contributed by atoms with van der Waals surface area (Å²) in [4.78, 5) is 14.8. The van der Waals surface area contributed by atoms with E-state index in [-0.39, 0.29) is 20.4 Å². The second-order valence-corrected chi connectivity index (χ2v) is 11.7. The molecule has 0 atom stereocenters. The number of benzene rings is 5. The molecule has 0 unspecified atom stereocenters. The topological polar surface area (TPSA) is 56.7 Å². The summed E-state index contributed by atoms with van der Waals surface area (Å²) in [6.07, 6.45) is 1.83. The van der Waals surface area contributed by atoms with Gasteiger partial charge in [-0.3, -0.25) is 15.0 Å². The minimum absolute atomic E-state index is 0. The molecule has 10 rings (SSSR count). The van der Waals surface area contributed by atoms with E-state index in [0.29, 0.717) is 11.5 Å². The van der Waals surface area contributed by atoms with Crippen molar-refractivity contribution in [3.8, 4) is 11.5 Å². The molecule has 6 nitrogen and oxygen atoms in total. The van der Waals surface area contributed by atoms with Crippen molar-refractivity contribution in [3.05, 3.63) is 127 Å². The Hall–Kier alpha value is -5.35. The van der Waals surface area contributed by atoms with E-state index in [0.717, 1.165) is 76.8 Å². The van der Waals surface area contributed by atoms with Gasteiger partial charge in [0.15, 0.2) is 0 Å². The summed E-state index contributed by atoms with van der Waals surface area (Å²) in [6, 6.07) is 40.2. The van der Waals surface area contributed by atoms with Crippen molar-refractivity contribution in [2.24, 2.45) is 0 Å². The molecule has 0 saturated carbocycles. The molecule has 0 amide bonds. The molecule has 0 aliphatic rings. The van der Waals surface area contributed by atoms with E-state index >= 15 is 0 Å². The Morgan fingerprint density at radius 3 is 1.83 bits per heavy atom. The van der Waals surface area contributed by atoms with Gasteiger partial charge in [-0.15, -0.1) is 12.1 Å². The van der Waals surface area contributed by atoms with Crippen LogP contribution in [0.4, 0.5) is 0 Å². The smallest absolute Gasteiger partial charge is 0.497 e. The Labute approximate surface area is 276 Å². The molecule has 5 aromatic heterocycles. The van der Waals surface area contributed by atoms with Gasteiger partial charge < -0.3 is 13.5 Å². The number of imidazole rings is 2. The van der Waals surface area contributed by atoms with Crippen molar-refractivity contribution in [3.63, 3.8) is 0 Å². The number of aromatic nitrogens is 5. The Morgan fingerprint density at radius 2 is 1.13 bits per heavy atom. The summed E-state index contributed by atoms with van der Waals surface area (Å²) in [7, 11) is 0. The summed E-state index contributed by atoms with van der Waals surface area (Å²) in [5, 5.41) is 5.00. The molecule has 0 fully saturated rings. The average Bonchev–Trinajstić information content (AvgIpc) is 3.66. The summed E-state index contributed by atoms with van der Waals surface area (Å²) in [5.74, 6) is 1.18. The van der Waals surface area contributed by atoms with E-state index in [1.54, 1.807) is 0 Å². The van der Waals surface area contributed by atoms with Gasteiger partial charge in [0.05, 0.1) is 44.4 Å². The van der Waals surface area contributed by atoms with Crippen LogP contribution in [0.15, 0.2) is 103 Å². The molecule has 5 aromatic carbocycles. The van der Waals surface area contributed by atoms with Crippen molar-refractivity contribution in [2.45, 2.75) is 13.8 Å². The third kappa shape index (κ3) is 3.70. The van der Waals surface area contributed by atoms with Crippen LogP contribution < -0.4 is 4.74 Å². The number of nitrogens with zero attached hydrogens (tertiary/aromatic N) is 5. The molecule has 0 radical (unpaired) electrons. The molecule has 0 saturated heterocycles. The zero-order valence-electron chi connectivity index (χ0n) is 24.8. The van der Waals surface area contributed by atoms with Crippen molar-refractivity contribution in [2.75, 3.05) is 0 Å². The van der Waals surface area contributed by atoms with Crippen molar-refractivity contribution < 1.29 is 25.2 Å². The number of ether oxygens (including phenoxy) is 1. The fourth-order valence-corrected chi connectivity index (χ4v) is 6.82. The van der Waals surface area contributed by atoms with Gasteiger partial charge >= 0.3 is 20.4 Å². The molecule has 7 heteroatoms. The van der Waals surface area contributed by atoms with Gasteiger partial charge in [-0.05, 0) is 72.8 Å². The van der Waals surface area contributed by atoms with Gasteiger partial charge in [0.25, 0.3) is 0 Å². The van der Waals surface area contributed by atoms with Crippen LogP contribution in [0.25, 0.3) is 76.8 Å². The van der Waals surface area contributed by atoms with Gasteiger partial charge in [0.2, 0.25) is 0 Å². The SMILES string of the molecule is Cc1cc2c3ccc(Oc4[c-]c5c(cc4)c4ncccc4n4c6ccccc6nc54)[c-]c3c3nc4ccccc4n3c2cc1C.[Pd+2]. The van der Waals surface area contributed by atoms with Crippen molar-refractivity contribution >= 4 is 76.8 Å². The van der Waals surface area contributed by atoms with Crippen LogP contribution in [-0.2, 0) is 20.4 Å². The summed E-state index contributed by atoms with van der Waals surface area (Å²) < 4.78 is 10.9. The number of pyridine rings is 3. The molecule has 0 aliphatic heterocycles. The third-order valence-electron chi connectivity index (χ3n) is 9.05. The van der Waals surface area contributed by atoms with Gasteiger partial charge in [0.1, 0.15) is 0 Å². The van der Waals surface area contributed by atoms with Crippen LogP contribution >= 0.6 is 0 Å². The van der Waals surface area contributed by atoms with Crippen LogP contribution in [0.5, 0.6) is 11.5 Å². The monoisotopic (exact) mass is 683 g/mol. The Bertz CT molecular complexity index is 2890. The number of fused-ring (bicyclic) bond motifs is 16. The van der Waals surface area contributed by atoms with Gasteiger partial charge in [-0.2, -0.15) is 0 Å². The maximum Gasteiger partial charge on any atom is 2.00 e. The molecular weight excluding hydrogens is 661 g/mol. The number of para-hydroxylation sites is 4. The maximum absolute atomic E-state index is 6.50. The number of hydrogen-bond donors (Lipinski definition) is 0. The zero-order valence-corrected chi connectivity index (χ0v) is 26.3. The van der Waals surface area contributed by atoms with E-state index in [1.165, 1.54) is 11.1 Å². The first-order valence-corrected chi connectivity index (χ1v) is 15.0. The van der Waals surface area contributed by atoms with Crippen LogP contribution in [0.2, 0.25) is 0 Å². The predicted octanol–water partition coefficient (Wildman–Crippen LogP) is 9.30. The second kappa shape index (κ2) is 9.82. The number of rotatable bonds is 2. The van der Waals surface area contributed by atoms with E-state index in [9.17, 15) is 0 Å². The fourth-order valence-electron chi connectivity index (χ4n) is 6.82. The summed E-state index contributed by atoms with van der Waals surface area (Å²) in [6.45, 7) is 4.32.